The van der Waals surface area contributed by atoms with Crippen molar-refractivity contribution >= 4 is 0 Å². The summed E-state index contributed by atoms with van der Waals surface area (Å²) in [5.74, 6) is 1.74. The minimum Gasteiger partial charge on any atom is -0.0654 e. The summed E-state index contributed by atoms with van der Waals surface area (Å²) in [5, 5.41) is 0. The van der Waals surface area contributed by atoms with Crippen LogP contribution in [0.25, 0.3) is 0 Å². The first-order valence-electron chi connectivity index (χ1n) is 9.55. The van der Waals surface area contributed by atoms with Gasteiger partial charge in [0.25, 0.3) is 0 Å². The Balaban J connectivity index is 3.23. The maximum atomic E-state index is 4.06. The van der Waals surface area contributed by atoms with Crippen LogP contribution >= 0.6 is 0 Å². The van der Waals surface area contributed by atoms with Gasteiger partial charge in [0.05, 0.1) is 0 Å². The first kappa shape index (κ1) is 20.0. The monoisotopic (exact) mass is 281 g/mol. The number of hydrogen-bond acceptors (Lipinski definition) is 0. The second-order valence-corrected chi connectivity index (χ2v) is 6.76. The van der Waals surface area contributed by atoms with Crippen molar-refractivity contribution in [1.29, 1.82) is 0 Å². The van der Waals surface area contributed by atoms with Crippen LogP contribution < -0.4 is 0 Å². The van der Waals surface area contributed by atoms with E-state index in [1.54, 1.807) is 0 Å². The molecule has 1 radical (unpaired) electrons. The molecule has 0 saturated heterocycles. The summed E-state index contributed by atoms with van der Waals surface area (Å²) < 4.78 is 0. The third kappa shape index (κ3) is 11.8. The van der Waals surface area contributed by atoms with Crippen LogP contribution in [0.15, 0.2) is 0 Å². The van der Waals surface area contributed by atoms with E-state index in [1.165, 1.54) is 83.5 Å². The third-order valence-electron chi connectivity index (χ3n) is 4.96. The van der Waals surface area contributed by atoms with Gasteiger partial charge in [-0.2, -0.15) is 0 Å². The molecular formula is C20H41. The molecule has 0 aromatic heterocycles. The molecular weight excluding hydrogens is 240 g/mol. The molecule has 0 spiro atoms. The van der Waals surface area contributed by atoms with Crippen molar-refractivity contribution in [2.45, 2.75) is 111 Å². The molecule has 0 amide bonds. The highest BCUT2D eigenvalue weighted by molar-refractivity contribution is 4.66. The van der Waals surface area contributed by atoms with E-state index in [4.69, 9.17) is 0 Å². The van der Waals surface area contributed by atoms with Crippen LogP contribution in [0.2, 0.25) is 0 Å². The van der Waals surface area contributed by atoms with Crippen molar-refractivity contribution in [2.75, 3.05) is 0 Å². The van der Waals surface area contributed by atoms with Crippen molar-refractivity contribution in [3.8, 4) is 0 Å². The number of hydrogen-bond donors (Lipinski definition) is 0. The van der Waals surface area contributed by atoms with Gasteiger partial charge in [-0.05, 0) is 11.8 Å². The van der Waals surface area contributed by atoms with Gasteiger partial charge >= 0.3 is 0 Å². The largest absolute Gasteiger partial charge is 0.0654 e. The van der Waals surface area contributed by atoms with Crippen molar-refractivity contribution in [3.05, 3.63) is 6.92 Å². The molecule has 0 aliphatic heterocycles. The molecule has 0 aliphatic carbocycles. The maximum Gasteiger partial charge on any atom is -0.0391 e. The summed E-state index contributed by atoms with van der Waals surface area (Å²) in [6.07, 6.45) is 19.9. The fourth-order valence-electron chi connectivity index (χ4n) is 3.20. The highest BCUT2D eigenvalue weighted by atomic mass is 14.2. The van der Waals surface area contributed by atoms with E-state index in [1.807, 2.05) is 0 Å². The van der Waals surface area contributed by atoms with Gasteiger partial charge in [0.15, 0.2) is 0 Å². The lowest BCUT2D eigenvalue weighted by molar-refractivity contribution is 0.315. The second-order valence-electron chi connectivity index (χ2n) is 6.76. The molecule has 0 aromatic rings. The molecule has 0 nitrogen and oxygen atoms in total. The Morgan fingerprint density at radius 2 is 1.15 bits per heavy atom. The van der Waals surface area contributed by atoms with Gasteiger partial charge < -0.3 is 0 Å². The van der Waals surface area contributed by atoms with Crippen LogP contribution in [-0.4, -0.2) is 0 Å². The van der Waals surface area contributed by atoms with Gasteiger partial charge in [-0.15, -0.1) is 0 Å². The summed E-state index contributed by atoms with van der Waals surface area (Å²) in [5.41, 5.74) is 0. The molecule has 2 atom stereocenters. The number of unbranched alkanes of at least 4 members (excludes halogenated alkanes) is 10. The van der Waals surface area contributed by atoms with E-state index in [9.17, 15) is 0 Å². The Labute approximate surface area is 130 Å². The van der Waals surface area contributed by atoms with Gasteiger partial charge in [-0.1, -0.05) is 118 Å². The molecule has 0 fully saturated rings. The van der Waals surface area contributed by atoms with Gasteiger partial charge in [0, 0.05) is 0 Å². The van der Waals surface area contributed by atoms with Crippen LogP contribution in [0.1, 0.15) is 111 Å². The zero-order valence-corrected chi connectivity index (χ0v) is 14.8. The molecule has 0 saturated carbocycles. The Morgan fingerprint density at radius 3 is 1.55 bits per heavy atom. The van der Waals surface area contributed by atoms with Crippen LogP contribution in [0.4, 0.5) is 0 Å². The summed E-state index contributed by atoms with van der Waals surface area (Å²) in [7, 11) is 0. The van der Waals surface area contributed by atoms with Crippen molar-refractivity contribution < 1.29 is 0 Å². The Bertz CT molecular complexity index is 173. The normalized spacial score (nSPS) is 14.4. The molecule has 0 heteroatoms. The number of rotatable bonds is 15. The average molecular weight is 282 g/mol. The molecule has 121 valence electrons. The van der Waals surface area contributed by atoms with E-state index in [2.05, 4.69) is 27.7 Å². The third-order valence-corrected chi connectivity index (χ3v) is 4.96. The van der Waals surface area contributed by atoms with E-state index in [0.717, 1.165) is 18.3 Å². The van der Waals surface area contributed by atoms with Gasteiger partial charge in [0.2, 0.25) is 0 Å². The van der Waals surface area contributed by atoms with E-state index in [-0.39, 0.29) is 0 Å². The standard InChI is InChI=1S/C20H41/c1-5-8-9-10-11-12-13-14-15-16-17-18-20(7-3)19(4)6-2/h19-20H,2,5-18H2,1,3-4H3. The Kier molecular flexibility index (Phi) is 15.4. The minimum absolute atomic E-state index is 0.822. The molecule has 2 unspecified atom stereocenters. The Morgan fingerprint density at radius 1 is 0.700 bits per heavy atom. The SMILES string of the molecule is [CH2]CC(C)C(CC)CCCCCCCCCCCCC. The highest BCUT2D eigenvalue weighted by Crippen LogP contribution is 2.24. The summed E-state index contributed by atoms with van der Waals surface area (Å²) in [6, 6.07) is 0. The van der Waals surface area contributed by atoms with Gasteiger partial charge in [0.1, 0.15) is 0 Å². The summed E-state index contributed by atoms with van der Waals surface area (Å²) in [6.45, 7) is 11.1. The first-order valence-corrected chi connectivity index (χ1v) is 9.55. The van der Waals surface area contributed by atoms with Crippen LogP contribution in [0.5, 0.6) is 0 Å². The van der Waals surface area contributed by atoms with E-state index < -0.39 is 0 Å². The Hall–Kier alpha value is 0. The maximum absolute atomic E-state index is 4.06. The highest BCUT2D eigenvalue weighted by Gasteiger charge is 2.12. The smallest absolute Gasteiger partial charge is 0.0391 e. The van der Waals surface area contributed by atoms with Crippen molar-refractivity contribution in [1.82, 2.24) is 0 Å². The van der Waals surface area contributed by atoms with Crippen LogP contribution in [0.3, 0.4) is 0 Å². The molecule has 0 bridgehead atoms. The van der Waals surface area contributed by atoms with E-state index >= 15 is 0 Å². The average Bonchev–Trinajstić information content (AvgIpc) is 2.48. The molecule has 20 heavy (non-hydrogen) atoms. The zero-order chi connectivity index (χ0) is 15.1. The molecule has 0 heterocycles. The van der Waals surface area contributed by atoms with Gasteiger partial charge in [-0.25, -0.2) is 0 Å². The predicted molar refractivity (Wildman–Crippen MR) is 94.0 cm³/mol. The van der Waals surface area contributed by atoms with E-state index in [0.29, 0.717) is 0 Å². The fourth-order valence-corrected chi connectivity index (χ4v) is 3.20. The first-order chi connectivity index (χ1) is 9.76. The topological polar surface area (TPSA) is 0 Å². The van der Waals surface area contributed by atoms with Crippen LogP contribution in [0, 0.1) is 18.8 Å². The van der Waals surface area contributed by atoms with Crippen LogP contribution in [-0.2, 0) is 0 Å². The van der Waals surface area contributed by atoms with Crippen molar-refractivity contribution in [2.24, 2.45) is 11.8 Å². The summed E-state index contributed by atoms with van der Waals surface area (Å²) in [4.78, 5) is 0. The lowest BCUT2D eigenvalue weighted by Crippen LogP contribution is -2.09. The lowest BCUT2D eigenvalue weighted by atomic mass is 9.85. The molecule has 0 N–H and O–H groups in total. The van der Waals surface area contributed by atoms with Crippen molar-refractivity contribution in [3.63, 3.8) is 0 Å². The second kappa shape index (κ2) is 15.4. The molecule has 0 aromatic carbocycles. The zero-order valence-electron chi connectivity index (χ0n) is 14.8. The molecule has 0 rings (SSSR count). The summed E-state index contributed by atoms with van der Waals surface area (Å²) >= 11 is 0. The molecule has 0 aliphatic rings. The predicted octanol–water partition coefficient (Wildman–Crippen LogP) is 7.57. The minimum atomic E-state index is 0.822. The fraction of sp³-hybridized carbons (Fsp3) is 0.950. The van der Waals surface area contributed by atoms with Gasteiger partial charge in [-0.3, -0.25) is 0 Å². The quantitative estimate of drug-likeness (QED) is 0.271. The lowest BCUT2D eigenvalue weighted by Gasteiger charge is -2.21.